The molecule has 0 aromatic heterocycles. The minimum absolute atomic E-state index is 0.0952. The van der Waals surface area contributed by atoms with Crippen LogP contribution in [0.1, 0.15) is 19.3 Å². The van der Waals surface area contributed by atoms with E-state index in [0.29, 0.717) is 0 Å². The van der Waals surface area contributed by atoms with Gasteiger partial charge in [-0.05, 0) is 12.8 Å². The van der Waals surface area contributed by atoms with E-state index < -0.39 is 0 Å². The SMILES string of the molecule is C1CC1C1=NOC2(CNC2)C1. The summed E-state index contributed by atoms with van der Waals surface area (Å²) < 4.78 is 0. The highest BCUT2D eigenvalue weighted by atomic mass is 16.7. The maximum atomic E-state index is 5.42. The third-order valence-electron chi connectivity index (χ3n) is 2.80. The van der Waals surface area contributed by atoms with Crippen LogP contribution in [-0.2, 0) is 4.84 Å². The van der Waals surface area contributed by atoms with Crippen LogP contribution in [0.25, 0.3) is 0 Å². The second kappa shape index (κ2) is 1.78. The second-order valence-electron chi connectivity index (χ2n) is 3.91. The summed E-state index contributed by atoms with van der Waals surface area (Å²) in [7, 11) is 0. The van der Waals surface area contributed by atoms with Crippen molar-refractivity contribution in [1.82, 2.24) is 5.32 Å². The Kier molecular flexibility index (Phi) is 0.969. The highest BCUT2D eigenvalue weighted by Gasteiger charge is 2.47. The molecule has 1 aliphatic carbocycles. The summed E-state index contributed by atoms with van der Waals surface area (Å²) in [6.45, 7) is 1.99. The molecule has 60 valence electrons. The predicted octanol–water partition coefficient (Wildman–Crippen LogP) is 0.515. The largest absolute Gasteiger partial charge is 0.386 e. The molecule has 3 aliphatic rings. The fourth-order valence-corrected chi connectivity index (χ4v) is 1.78. The quantitative estimate of drug-likeness (QED) is 0.594. The zero-order chi connectivity index (χ0) is 7.31. The van der Waals surface area contributed by atoms with Gasteiger partial charge in [0.2, 0.25) is 0 Å². The summed E-state index contributed by atoms with van der Waals surface area (Å²) in [4.78, 5) is 5.42. The lowest BCUT2D eigenvalue weighted by atomic mass is 9.90. The van der Waals surface area contributed by atoms with Crippen molar-refractivity contribution >= 4 is 5.71 Å². The molecule has 0 aromatic carbocycles. The van der Waals surface area contributed by atoms with E-state index in [9.17, 15) is 0 Å². The predicted molar refractivity (Wildman–Crippen MR) is 41.5 cm³/mol. The smallest absolute Gasteiger partial charge is 0.167 e. The lowest BCUT2D eigenvalue weighted by Gasteiger charge is -2.35. The van der Waals surface area contributed by atoms with Crippen LogP contribution in [0, 0.1) is 5.92 Å². The first-order chi connectivity index (χ1) is 5.38. The van der Waals surface area contributed by atoms with Crippen molar-refractivity contribution < 1.29 is 4.84 Å². The Hall–Kier alpha value is -0.570. The number of oxime groups is 1. The molecule has 0 amide bonds. The molecule has 1 spiro atoms. The van der Waals surface area contributed by atoms with Crippen LogP contribution in [0.4, 0.5) is 0 Å². The van der Waals surface area contributed by atoms with Crippen LogP contribution in [0.15, 0.2) is 5.16 Å². The number of rotatable bonds is 1. The summed E-state index contributed by atoms with van der Waals surface area (Å²) in [5.74, 6) is 0.787. The van der Waals surface area contributed by atoms with Crippen molar-refractivity contribution in [3.05, 3.63) is 0 Å². The van der Waals surface area contributed by atoms with Gasteiger partial charge in [-0.25, -0.2) is 0 Å². The Morgan fingerprint density at radius 3 is 2.73 bits per heavy atom. The molecule has 3 rings (SSSR count). The maximum Gasteiger partial charge on any atom is 0.167 e. The monoisotopic (exact) mass is 152 g/mol. The zero-order valence-corrected chi connectivity index (χ0v) is 6.47. The molecule has 3 heteroatoms. The second-order valence-corrected chi connectivity index (χ2v) is 3.91. The van der Waals surface area contributed by atoms with E-state index in [2.05, 4.69) is 10.5 Å². The van der Waals surface area contributed by atoms with Gasteiger partial charge < -0.3 is 10.2 Å². The molecule has 1 saturated carbocycles. The molecule has 2 aliphatic heterocycles. The van der Waals surface area contributed by atoms with Crippen LogP contribution in [-0.4, -0.2) is 24.4 Å². The van der Waals surface area contributed by atoms with Gasteiger partial charge >= 0.3 is 0 Å². The summed E-state index contributed by atoms with van der Waals surface area (Å²) in [5.41, 5.74) is 1.42. The van der Waals surface area contributed by atoms with Gasteiger partial charge in [0.15, 0.2) is 5.60 Å². The third kappa shape index (κ3) is 0.805. The summed E-state index contributed by atoms with van der Waals surface area (Å²) in [6.07, 6.45) is 3.77. The minimum atomic E-state index is 0.0952. The van der Waals surface area contributed by atoms with Crippen LogP contribution in [0.5, 0.6) is 0 Å². The highest BCUT2D eigenvalue weighted by molar-refractivity contribution is 5.90. The Balaban J connectivity index is 1.72. The standard InChI is InChI=1S/C8H12N2O/c1-2-6(1)7-3-8(11-10-7)4-9-5-8/h6,9H,1-5H2. The van der Waals surface area contributed by atoms with Gasteiger partial charge in [0.05, 0.1) is 5.71 Å². The molecule has 1 N–H and O–H groups in total. The summed E-state index contributed by atoms with van der Waals surface area (Å²) in [6, 6.07) is 0. The summed E-state index contributed by atoms with van der Waals surface area (Å²) in [5, 5.41) is 7.38. The molecule has 0 bridgehead atoms. The van der Waals surface area contributed by atoms with Crippen LogP contribution >= 0.6 is 0 Å². The minimum Gasteiger partial charge on any atom is -0.386 e. The molecule has 2 heterocycles. The summed E-state index contributed by atoms with van der Waals surface area (Å²) >= 11 is 0. The number of hydrogen-bond acceptors (Lipinski definition) is 3. The molecule has 3 nitrogen and oxygen atoms in total. The van der Waals surface area contributed by atoms with Crippen molar-refractivity contribution in [2.75, 3.05) is 13.1 Å². The Morgan fingerprint density at radius 2 is 2.27 bits per heavy atom. The van der Waals surface area contributed by atoms with Crippen molar-refractivity contribution in [2.24, 2.45) is 11.1 Å². The fraction of sp³-hybridized carbons (Fsp3) is 0.875. The molecule has 11 heavy (non-hydrogen) atoms. The normalized spacial score (nSPS) is 32.9. The molecule has 2 fully saturated rings. The molecule has 0 unspecified atom stereocenters. The van der Waals surface area contributed by atoms with Crippen molar-refractivity contribution in [1.29, 1.82) is 0 Å². The van der Waals surface area contributed by atoms with Crippen molar-refractivity contribution in [3.8, 4) is 0 Å². The van der Waals surface area contributed by atoms with E-state index in [1.807, 2.05) is 0 Å². The topological polar surface area (TPSA) is 33.6 Å². The van der Waals surface area contributed by atoms with Crippen molar-refractivity contribution in [3.63, 3.8) is 0 Å². The number of nitrogens with one attached hydrogen (secondary N) is 1. The van der Waals surface area contributed by atoms with Gasteiger partial charge in [-0.3, -0.25) is 0 Å². The Bertz CT molecular complexity index is 216. The van der Waals surface area contributed by atoms with Gasteiger partial charge in [0.1, 0.15) is 0 Å². The number of hydrogen-bond donors (Lipinski definition) is 1. The van der Waals surface area contributed by atoms with Crippen LogP contribution in [0.2, 0.25) is 0 Å². The first-order valence-corrected chi connectivity index (χ1v) is 4.34. The highest BCUT2D eigenvalue weighted by Crippen LogP contribution is 2.39. The number of nitrogens with zero attached hydrogens (tertiary/aromatic N) is 1. The van der Waals surface area contributed by atoms with E-state index >= 15 is 0 Å². The molecule has 1 saturated heterocycles. The lowest BCUT2D eigenvalue weighted by molar-refractivity contribution is -0.0559. The molecule has 0 atom stereocenters. The maximum absolute atomic E-state index is 5.42. The average Bonchev–Trinajstić information content (AvgIpc) is 2.67. The molecule has 0 radical (unpaired) electrons. The van der Waals surface area contributed by atoms with Crippen LogP contribution < -0.4 is 5.32 Å². The van der Waals surface area contributed by atoms with E-state index in [4.69, 9.17) is 4.84 Å². The average molecular weight is 152 g/mol. The zero-order valence-electron chi connectivity index (χ0n) is 6.47. The van der Waals surface area contributed by atoms with E-state index in [-0.39, 0.29) is 5.60 Å². The van der Waals surface area contributed by atoms with E-state index in [0.717, 1.165) is 25.4 Å². The van der Waals surface area contributed by atoms with Gasteiger partial charge in [0, 0.05) is 25.4 Å². The molecular weight excluding hydrogens is 140 g/mol. The Morgan fingerprint density at radius 1 is 1.45 bits per heavy atom. The van der Waals surface area contributed by atoms with E-state index in [1.165, 1.54) is 18.6 Å². The first kappa shape index (κ1) is 6.00. The first-order valence-electron chi connectivity index (χ1n) is 4.34. The van der Waals surface area contributed by atoms with Gasteiger partial charge in [-0.2, -0.15) is 0 Å². The van der Waals surface area contributed by atoms with Gasteiger partial charge in [0.25, 0.3) is 0 Å². The Labute approximate surface area is 65.8 Å². The van der Waals surface area contributed by atoms with Gasteiger partial charge in [-0.15, -0.1) is 0 Å². The lowest BCUT2D eigenvalue weighted by Crippen LogP contribution is -2.59. The van der Waals surface area contributed by atoms with Crippen LogP contribution in [0.3, 0.4) is 0 Å². The molecule has 0 aromatic rings. The van der Waals surface area contributed by atoms with Crippen molar-refractivity contribution in [2.45, 2.75) is 24.9 Å². The van der Waals surface area contributed by atoms with Gasteiger partial charge in [-0.1, -0.05) is 5.16 Å². The fourth-order valence-electron chi connectivity index (χ4n) is 1.78. The van der Waals surface area contributed by atoms with E-state index in [1.54, 1.807) is 0 Å². The third-order valence-corrected chi connectivity index (χ3v) is 2.80. The molecular formula is C8H12N2O.